The number of esters is 1. The summed E-state index contributed by atoms with van der Waals surface area (Å²) < 4.78 is 4.56. The van der Waals surface area contributed by atoms with Crippen LogP contribution < -0.4 is 4.90 Å². The topological polar surface area (TPSA) is 46.6 Å². The van der Waals surface area contributed by atoms with E-state index >= 15 is 0 Å². The molecule has 0 N–H and O–H groups in total. The van der Waals surface area contributed by atoms with Crippen molar-refractivity contribution in [3.8, 4) is 0 Å². The van der Waals surface area contributed by atoms with Gasteiger partial charge < -0.3 is 21.4 Å². The largest absolute Gasteiger partial charge is 0.503 e. The van der Waals surface area contributed by atoms with Crippen LogP contribution in [-0.2, 0) is 53.5 Å². The van der Waals surface area contributed by atoms with Crippen molar-refractivity contribution >= 4 is 18.1 Å². The van der Waals surface area contributed by atoms with E-state index in [1.165, 1.54) is 12.0 Å². The third-order valence-corrected chi connectivity index (χ3v) is 2.13. The average molecular weight is 308 g/mol. The van der Waals surface area contributed by atoms with Crippen molar-refractivity contribution in [1.29, 1.82) is 0 Å². The molecule has 0 atom stereocenters. The van der Waals surface area contributed by atoms with Crippen LogP contribution >= 0.6 is 0 Å². The van der Waals surface area contributed by atoms with Gasteiger partial charge in [0, 0.05) is 32.7 Å². The molecule has 4 nitrogen and oxygen atoms in total. The molecule has 0 fully saturated rings. The number of carbonyl (C=O) groups excluding carboxylic acids is 2. The van der Waals surface area contributed by atoms with Gasteiger partial charge in [0.1, 0.15) is 0 Å². The van der Waals surface area contributed by atoms with Crippen LogP contribution in [-0.4, -0.2) is 26.0 Å². The van der Waals surface area contributed by atoms with Crippen molar-refractivity contribution in [1.82, 2.24) is 0 Å². The zero-order valence-corrected chi connectivity index (χ0v) is 12.5. The SMILES string of the molecule is [CH2-]CN([C-]=O)c1cccc(CC(=O)OC)c1.[Y]. The quantitative estimate of drug-likeness (QED) is 0.465. The van der Waals surface area contributed by atoms with E-state index in [-0.39, 0.29) is 45.1 Å². The van der Waals surface area contributed by atoms with Crippen LogP contribution in [0.4, 0.5) is 5.69 Å². The fourth-order valence-corrected chi connectivity index (χ4v) is 1.30. The number of anilines is 1. The van der Waals surface area contributed by atoms with Crippen molar-refractivity contribution < 1.29 is 47.0 Å². The summed E-state index contributed by atoms with van der Waals surface area (Å²) in [5.74, 6) is -0.312. The molecule has 89 valence electrons. The second-order valence-corrected chi connectivity index (χ2v) is 3.17. The minimum absolute atomic E-state index is 0. The van der Waals surface area contributed by atoms with Gasteiger partial charge in [-0.05, 0) is 0 Å². The van der Waals surface area contributed by atoms with Crippen LogP contribution in [0, 0.1) is 6.92 Å². The molecule has 0 saturated carbocycles. The summed E-state index contributed by atoms with van der Waals surface area (Å²) >= 11 is 0. The molecule has 1 radical (unpaired) electrons. The molecule has 1 aromatic rings. The molecule has 1 aromatic carbocycles. The summed E-state index contributed by atoms with van der Waals surface area (Å²) in [7, 11) is 1.34. The molecular weight excluding hydrogens is 295 g/mol. The second-order valence-electron chi connectivity index (χ2n) is 3.17. The number of carbonyl (C=O) groups is 1. The van der Waals surface area contributed by atoms with Gasteiger partial charge >= 0.3 is 5.97 Å². The number of hydrogen-bond donors (Lipinski definition) is 0. The first kappa shape index (κ1) is 16.3. The summed E-state index contributed by atoms with van der Waals surface area (Å²) in [4.78, 5) is 23.0. The first-order valence-corrected chi connectivity index (χ1v) is 4.81. The Hall–Kier alpha value is -0.736. The van der Waals surface area contributed by atoms with E-state index in [4.69, 9.17) is 0 Å². The Morgan fingerprint density at radius 3 is 2.76 bits per heavy atom. The molecule has 17 heavy (non-hydrogen) atoms. The van der Waals surface area contributed by atoms with Gasteiger partial charge in [0.05, 0.1) is 19.9 Å². The minimum Gasteiger partial charge on any atom is -0.503 e. The molecule has 0 unspecified atom stereocenters. The van der Waals surface area contributed by atoms with Crippen molar-refractivity contribution in [2.45, 2.75) is 6.42 Å². The van der Waals surface area contributed by atoms with Gasteiger partial charge in [0.2, 0.25) is 0 Å². The number of ether oxygens (including phenoxy) is 1. The van der Waals surface area contributed by atoms with Gasteiger partial charge in [-0.25, -0.2) is 0 Å². The van der Waals surface area contributed by atoms with E-state index in [2.05, 4.69) is 11.7 Å². The summed E-state index contributed by atoms with van der Waals surface area (Å²) in [5, 5.41) is 0. The molecule has 0 heterocycles. The standard InChI is InChI=1S/C12H13NO3.Y/c1-3-13(9-14)11-6-4-5-10(7-11)8-12(15)16-2;/h4-7H,1,3,8H2,2H3;/q-2;. The average Bonchev–Trinajstić information content (AvgIpc) is 2.31. The van der Waals surface area contributed by atoms with E-state index in [9.17, 15) is 9.59 Å². The zero-order chi connectivity index (χ0) is 12.0. The normalized spacial score (nSPS) is 9.06. The third kappa shape index (κ3) is 4.96. The van der Waals surface area contributed by atoms with Crippen molar-refractivity contribution in [3.05, 3.63) is 36.8 Å². The molecule has 0 aliphatic rings. The maximum absolute atomic E-state index is 11.1. The molecule has 5 heteroatoms. The van der Waals surface area contributed by atoms with Crippen LogP contribution in [0.15, 0.2) is 24.3 Å². The van der Waals surface area contributed by atoms with E-state index in [0.717, 1.165) is 5.56 Å². The Kier molecular flexibility index (Phi) is 8.01. The van der Waals surface area contributed by atoms with Crippen LogP contribution in [0.1, 0.15) is 5.56 Å². The first-order chi connectivity index (χ1) is 7.71. The monoisotopic (exact) mass is 308 g/mol. The van der Waals surface area contributed by atoms with E-state index in [0.29, 0.717) is 12.2 Å². The molecule has 0 aromatic heterocycles. The predicted octanol–water partition coefficient (Wildman–Crippen LogP) is 1.11. The summed E-state index contributed by atoms with van der Waals surface area (Å²) in [5.41, 5.74) is 1.46. The van der Waals surface area contributed by atoms with Crippen LogP contribution in [0.25, 0.3) is 0 Å². The predicted molar refractivity (Wildman–Crippen MR) is 60.6 cm³/mol. The second kappa shape index (κ2) is 8.37. The van der Waals surface area contributed by atoms with Gasteiger partial charge in [-0.1, -0.05) is 17.7 Å². The van der Waals surface area contributed by atoms with Gasteiger partial charge in [0.25, 0.3) is 0 Å². The Morgan fingerprint density at radius 1 is 1.53 bits per heavy atom. The molecular formula is C12H13NO3Y-2. The Balaban J connectivity index is 0.00000256. The number of rotatable bonds is 5. The van der Waals surface area contributed by atoms with Crippen molar-refractivity contribution in [2.75, 3.05) is 18.6 Å². The van der Waals surface area contributed by atoms with Gasteiger partial charge in [-0.3, -0.25) is 4.79 Å². The smallest absolute Gasteiger partial charge is 0.309 e. The molecule has 0 saturated heterocycles. The van der Waals surface area contributed by atoms with E-state index in [1.807, 2.05) is 0 Å². The third-order valence-electron chi connectivity index (χ3n) is 2.13. The molecule has 0 aliphatic heterocycles. The zero-order valence-electron chi connectivity index (χ0n) is 9.68. The molecule has 0 bridgehead atoms. The van der Waals surface area contributed by atoms with Crippen molar-refractivity contribution in [3.63, 3.8) is 0 Å². The fourth-order valence-electron chi connectivity index (χ4n) is 1.30. The van der Waals surface area contributed by atoms with Gasteiger partial charge in [-0.15, -0.1) is 24.4 Å². The summed E-state index contributed by atoms with van der Waals surface area (Å²) in [6.07, 6.45) is 1.96. The van der Waals surface area contributed by atoms with Crippen molar-refractivity contribution in [2.24, 2.45) is 0 Å². The summed E-state index contributed by atoms with van der Waals surface area (Å²) in [6, 6.07) is 7.07. The van der Waals surface area contributed by atoms with Crippen LogP contribution in [0.5, 0.6) is 0 Å². The number of hydrogen-bond acceptors (Lipinski definition) is 3. The Bertz CT molecular complexity index is 382. The van der Waals surface area contributed by atoms with E-state index < -0.39 is 0 Å². The number of nitrogens with zero attached hydrogens (tertiary/aromatic N) is 1. The molecule has 0 aliphatic carbocycles. The van der Waals surface area contributed by atoms with E-state index in [1.54, 1.807) is 30.7 Å². The molecule has 1 rings (SSSR count). The Morgan fingerprint density at radius 2 is 2.24 bits per heavy atom. The number of amides is 1. The fraction of sp³-hybridized carbons (Fsp3) is 0.250. The number of benzene rings is 1. The molecule has 1 amide bonds. The van der Waals surface area contributed by atoms with Crippen LogP contribution in [0.3, 0.4) is 0 Å². The maximum atomic E-state index is 11.1. The maximum Gasteiger partial charge on any atom is 0.309 e. The minimum atomic E-state index is -0.312. The number of methoxy groups -OCH3 is 1. The summed E-state index contributed by atoms with van der Waals surface area (Å²) in [6.45, 7) is 3.91. The van der Waals surface area contributed by atoms with Gasteiger partial charge in [-0.2, -0.15) is 0 Å². The molecule has 0 spiro atoms. The Labute approximate surface area is 126 Å². The van der Waals surface area contributed by atoms with Crippen LogP contribution in [0.2, 0.25) is 0 Å². The first-order valence-electron chi connectivity index (χ1n) is 4.81. The van der Waals surface area contributed by atoms with Gasteiger partial charge in [0.15, 0.2) is 0 Å².